The third kappa shape index (κ3) is 4.67. The lowest BCUT2D eigenvalue weighted by Crippen LogP contribution is -2.31. The molecule has 0 saturated heterocycles. The lowest BCUT2D eigenvalue weighted by Gasteiger charge is -2.19. The van der Waals surface area contributed by atoms with E-state index in [-0.39, 0.29) is 11.9 Å². The van der Waals surface area contributed by atoms with Crippen molar-refractivity contribution in [1.82, 2.24) is 20.1 Å². The first-order chi connectivity index (χ1) is 14.5. The van der Waals surface area contributed by atoms with Crippen molar-refractivity contribution in [2.75, 3.05) is 12.9 Å². The monoisotopic (exact) mass is 422 g/mol. The number of carbonyl (C=O) groups is 1. The van der Waals surface area contributed by atoms with E-state index in [2.05, 4.69) is 46.7 Å². The highest BCUT2D eigenvalue weighted by molar-refractivity contribution is 7.99. The van der Waals surface area contributed by atoms with Crippen LogP contribution in [-0.2, 0) is 11.8 Å². The van der Waals surface area contributed by atoms with Gasteiger partial charge in [0.25, 0.3) is 0 Å². The molecule has 0 aliphatic heterocycles. The van der Waals surface area contributed by atoms with E-state index in [0.717, 1.165) is 17.1 Å². The summed E-state index contributed by atoms with van der Waals surface area (Å²) in [6, 6.07) is 16.2. The number of aryl methyl sites for hydroxylation is 1. The summed E-state index contributed by atoms with van der Waals surface area (Å²) < 4.78 is 7.12. The first-order valence-corrected chi connectivity index (χ1v) is 11.1. The Morgan fingerprint density at radius 3 is 2.50 bits per heavy atom. The quantitative estimate of drug-likeness (QED) is 0.552. The van der Waals surface area contributed by atoms with Crippen LogP contribution >= 0.6 is 11.8 Å². The number of hydrogen-bond donors (Lipinski definition) is 1. The van der Waals surface area contributed by atoms with E-state index in [4.69, 9.17) is 4.74 Å². The Morgan fingerprint density at radius 1 is 1.17 bits per heavy atom. The second-order valence-corrected chi connectivity index (χ2v) is 8.62. The molecule has 4 rings (SSSR count). The molecule has 1 saturated carbocycles. The largest absolute Gasteiger partial charge is 0.497 e. The Hall–Kier alpha value is -2.80. The molecule has 1 aliphatic carbocycles. The van der Waals surface area contributed by atoms with Gasteiger partial charge in [-0.2, -0.15) is 0 Å². The molecule has 6 nitrogen and oxygen atoms in total. The molecule has 7 heteroatoms. The second-order valence-electron chi connectivity index (χ2n) is 7.68. The molecule has 3 aromatic rings. The standard InChI is InChI=1S/C23H26N4O2S/c1-15-4-6-16(7-5-15)21(17-8-9-17)24-20(28)14-30-23-26-25-22(27(23)2)18-10-12-19(29-3)13-11-18/h4-7,10-13,17,21H,8-9,14H2,1-3H3,(H,24,28). The molecule has 0 spiro atoms. The van der Waals surface area contributed by atoms with E-state index >= 15 is 0 Å². The summed E-state index contributed by atoms with van der Waals surface area (Å²) in [4.78, 5) is 12.7. The van der Waals surface area contributed by atoms with Crippen LogP contribution in [0.3, 0.4) is 0 Å². The molecule has 1 aliphatic rings. The van der Waals surface area contributed by atoms with Crippen molar-refractivity contribution in [2.24, 2.45) is 13.0 Å². The van der Waals surface area contributed by atoms with Gasteiger partial charge in [-0.3, -0.25) is 4.79 Å². The van der Waals surface area contributed by atoms with Crippen molar-refractivity contribution >= 4 is 17.7 Å². The van der Waals surface area contributed by atoms with Gasteiger partial charge < -0.3 is 14.6 Å². The Labute approximate surface area is 181 Å². The SMILES string of the molecule is COc1ccc(-c2nnc(SCC(=O)NC(c3ccc(C)cc3)C3CC3)n2C)cc1. The van der Waals surface area contributed by atoms with Crippen molar-refractivity contribution in [2.45, 2.75) is 31.0 Å². The van der Waals surface area contributed by atoms with Gasteiger partial charge in [0.15, 0.2) is 11.0 Å². The maximum absolute atomic E-state index is 12.7. The number of nitrogens with one attached hydrogen (secondary N) is 1. The summed E-state index contributed by atoms with van der Waals surface area (Å²) in [6.45, 7) is 2.08. The number of rotatable bonds is 8. The summed E-state index contributed by atoms with van der Waals surface area (Å²) in [5.41, 5.74) is 3.36. The highest BCUT2D eigenvalue weighted by atomic mass is 32.2. The number of carbonyl (C=O) groups excluding carboxylic acids is 1. The number of hydrogen-bond acceptors (Lipinski definition) is 5. The van der Waals surface area contributed by atoms with Crippen molar-refractivity contribution < 1.29 is 9.53 Å². The van der Waals surface area contributed by atoms with Gasteiger partial charge >= 0.3 is 0 Å². The Balaban J connectivity index is 1.38. The van der Waals surface area contributed by atoms with E-state index in [1.807, 2.05) is 35.9 Å². The van der Waals surface area contributed by atoms with E-state index in [1.54, 1.807) is 7.11 Å². The molecule has 0 radical (unpaired) electrons. The molecule has 2 aromatic carbocycles. The number of amides is 1. The third-order valence-electron chi connectivity index (χ3n) is 5.36. The van der Waals surface area contributed by atoms with Gasteiger partial charge in [-0.05, 0) is 55.5 Å². The molecule has 1 N–H and O–H groups in total. The maximum Gasteiger partial charge on any atom is 0.230 e. The summed E-state index contributed by atoms with van der Waals surface area (Å²) in [5.74, 6) is 2.43. The van der Waals surface area contributed by atoms with Crippen LogP contribution in [0.25, 0.3) is 11.4 Å². The fourth-order valence-electron chi connectivity index (χ4n) is 3.45. The van der Waals surface area contributed by atoms with Gasteiger partial charge in [-0.25, -0.2) is 0 Å². The molecule has 1 heterocycles. The molecule has 156 valence electrons. The molecule has 1 atom stereocenters. The number of methoxy groups -OCH3 is 1. The van der Waals surface area contributed by atoms with Crippen molar-refractivity contribution in [3.63, 3.8) is 0 Å². The van der Waals surface area contributed by atoms with Crippen LogP contribution in [0.4, 0.5) is 0 Å². The average Bonchev–Trinajstić information content (AvgIpc) is 3.54. The van der Waals surface area contributed by atoms with E-state index in [0.29, 0.717) is 16.8 Å². The minimum Gasteiger partial charge on any atom is -0.497 e. The van der Waals surface area contributed by atoms with Crippen LogP contribution in [0.15, 0.2) is 53.7 Å². The normalized spacial score (nSPS) is 14.4. The fraction of sp³-hybridized carbons (Fsp3) is 0.348. The zero-order valence-corrected chi connectivity index (χ0v) is 18.3. The minimum absolute atomic E-state index is 0.0199. The van der Waals surface area contributed by atoms with Crippen LogP contribution in [0.1, 0.15) is 30.0 Å². The molecular formula is C23H26N4O2S. The number of benzene rings is 2. The molecule has 30 heavy (non-hydrogen) atoms. The Morgan fingerprint density at radius 2 is 1.87 bits per heavy atom. The lowest BCUT2D eigenvalue weighted by molar-refractivity contribution is -0.119. The molecule has 1 aromatic heterocycles. The van der Waals surface area contributed by atoms with Gasteiger partial charge in [0.05, 0.1) is 18.9 Å². The number of thioether (sulfide) groups is 1. The molecule has 1 amide bonds. The summed E-state index contributed by atoms with van der Waals surface area (Å²) in [6.07, 6.45) is 2.33. The molecule has 0 bridgehead atoms. The van der Waals surface area contributed by atoms with Crippen LogP contribution < -0.4 is 10.1 Å². The third-order valence-corrected chi connectivity index (χ3v) is 6.38. The van der Waals surface area contributed by atoms with E-state index in [9.17, 15) is 4.79 Å². The van der Waals surface area contributed by atoms with Crippen LogP contribution in [0, 0.1) is 12.8 Å². The van der Waals surface area contributed by atoms with Crippen LogP contribution in [-0.4, -0.2) is 33.5 Å². The Bertz CT molecular complexity index is 1010. The van der Waals surface area contributed by atoms with Gasteiger partial charge in [-0.1, -0.05) is 41.6 Å². The number of ether oxygens (including phenoxy) is 1. The smallest absolute Gasteiger partial charge is 0.230 e. The average molecular weight is 423 g/mol. The highest BCUT2D eigenvalue weighted by Gasteiger charge is 2.33. The van der Waals surface area contributed by atoms with Crippen LogP contribution in [0.2, 0.25) is 0 Å². The number of nitrogens with zero attached hydrogens (tertiary/aromatic N) is 3. The minimum atomic E-state index is 0.0199. The highest BCUT2D eigenvalue weighted by Crippen LogP contribution is 2.41. The number of aromatic nitrogens is 3. The first-order valence-electron chi connectivity index (χ1n) is 10.1. The topological polar surface area (TPSA) is 69.0 Å². The zero-order chi connectivity index (χ0) is 21.1. The lowest BCUT2D eigenvalue weighted by atomic mass is 10.0. The predicted molar refractivity (Wildman–Crippen MR) is 119 cm³/mol. The second kappa shape index (κ2) is 8.92. The summed E-state index contributed by atoms with van der Waals surface area (Å²) in [5, 5.41) is 12.5. The van der Waals surface area contributed by atoms with Crippen LogP contribution in [0.5, 0.6) is 5.75 Å². The van der Waals surface area contributed by atoms with E-state index in [1.165, 1.54) is 35.7 Å². The van der Waals surface area contributed by atoms with Gasteiger partial charge in [-0.15, -0.1) is 10.2 Å². The summed E-state index contributed by atoms with van der Waals surface area (Å²) in [7, 11) is 3.56. The molecule has 1 unspecified atom stereocenters. The molecule has 1 fully saturated rings. The predicted octanol–water partition coefficient (Wildman–Crippen LogP) is 4.16. The van der Waals surface area contributed by atoms with Gasteiger partial charge in [0.1, 0.15) is 5.75 Å². The maximum atomic E-state index is 12.7. The van der Waals surface area contributed by atoms with Crippen molar-refractivity contribution in [3.05, 3.63) is 59.7 Å². The van der Waals surface area contributed by atoms with E-state index < -0.39 is 0 Å². The van der Waals surface area contributed by atoms with Crippen molar-refractivity contribution in [3.8, 4) is 17.1 Å². The first kappa shape index (κ1) is 20.5. The fourth-order valence-corrected chi connectivity index (χ4v) is 4.18. The summed E-state index contributed by atoms with van der Waals surface area (Å²) >= 11 is 1.40. The zero-order valence-electron chi connectivity index (χ0n) is 17.5. The van der Waals surface area contributed by atoms with Crippen molar-refractivity contribution in [1.29, 1.82) is 0 Å². The molecular weight excluding hydrogens is 396 g/mol. The Kier molecular flexibility index (Phi) is 6.08. The van der Waals surface area contributed by atoms with Gasteiger partial charge in [0.2, 0.25) is 5.91 Å². The van der Waals surface area contributed by atoms with Gasteiger partial charge in [0, 0.05) is 12.6 Å².